The van der Waals surface area contributed by atoms with E-state index in [-0.39, 0.29) is 13.0 Å². The Hall–Kier alpha value is -2.55. The summed E-state index contributed by atoms with van der Waals surface area (Å²) in [7, 11) is -3.66. The van der Waals surface area contributed by atoms with Crippen molar-refractivity contribution >= 4 is 27.3 Å². The van der Waals surface area contributed by atoms with E-state index in [4.69, 9.17) is 0 Å². The van der Waals surface area contributed by atoms with E-state index in [1.807, 2.05) is 0 Å². The number of amides is 1. The molecule has 1 N–H and O–H groups in total. The van der Waals surface area contributed by atoms with E-state index in [1.165, 1.54) is 0 Å². The van der Waals surface area contributed by atoms with Gasteiger partial charge in [-0.1, -0.05) is 18.2 Å². The number of hydrogen-bond donors (Lipinski definition) is 1. The molecule has 0 atom stereocenters. The maximum absolute atomic E-state index is 13.6. The van der Waals surface area contributed by atoms with Crippen molar-refractivity contribution in [2.75, 3.05) is 22.4 Å². The van der Waals surface area contributed by atoms with Crippen LogP contribution >= 0.6 is 0 Å². The molecule has 0 saturated carbocycles. The van der Waals surface area contributed by atoms with Crippen LogP contribution in [0.5, 0.6) is 0 Å². The zero-order valence-electron chi connectivity index (χ0n) is 14.1. The number of carbonyl (C=O) groups is 1. The van der Waals surface area contributed by atoms with Gasteiger partial charge in [0.2, 0.25) is 15.9 Å². The summed E-state index contributed by atoms with van der Waals surface area (Å²) in [5.41, 5.74) is 0.600. The molecule has 0 bridgehead atoms. The van der Waals surface area contributed by atoms with Gasteiger partial charge in [0.1, 0.15) is 0 Å². The van der Waals surface area contributed by atoms with Gasteiger partial charge < -0.3 is 5.32 Å². The number of carbonyl (C=O) groups excluding carboxylic acids is 1. The average molecular weight is 386 g/mol. The Kier molecular flexibility index (Phi) is 5.91. The van der Waals surface area contributed by atoms with Crippen LogP contribution in [0.3, 0.4) is 0 Å². The molecule has 26 heavy (non-hydrogen) atoms. The van der Waals surface area contributed by atoms with E-state index in [0.29, 0.717) is 17.3 Å². The fourth-order valence-corrected chi connectivity index (χ4v) is 3.33. The molecular weight excluding hydrogens is 369 g/mol. The first-order valence-corrected chi connectivity index (χ1v) is 9.42. The molecular formula is C17H17F3N2O3S. The summed E-state index contributed by atoms with van der Waals surface area (Å²) in [5, 5.41) is 2.11. The Bertz CT molecular complexity index is 933. The SMILES string of the molecule is Cc1ccccc1N(CCC(=O)Nc1ccc(F)c(F)c1F)S(C)(=O)=O. The Labute approximate surface area is 149 Å². The molecule has 0 unspecified atom stereocenters. The number of hydrogen-bond acceptors (Lipinski definition) is 3. The Morgan fingerprint density at radius 2 is 1.73 bits per heavy atom. The van der Waals surface area contributed by atoms with Crippen LogP contribution in [0.2, 0.25) is 0 Å². The summed E-state index contributed by atoms with van der Waals surface area (Å²) >= 11 is 0. The van der Waals surface area contributed by atoms with E-state index in [2.05, 4.69) is 5.32 Å². The average Bonchev–Trinajstić information content (AvgIpc) is 2.56. The van der Waals surface area contributed by atoms with Crippen molar-refractivity contribution in [3.05, 3.63) is 59.4 Å². The van der Waals surface area contributed by atoms with Gasteiger partial charge in [-0.25, -0.2) is 21.6 Å². The number of benzene rings is 2. The topological polar surface area (TPSA) is 66.5 Å². The van der Waals surface area contributed by atoms with Gasteiger partial charge in [0.25, 0.3) is 0 Å². The molecule has 0 aliphatic rings. The van der Waals surface area contributed by atoms with Crippen LogP contribution in [0.15, 0.2) is 36.4 Å². The van der Waals surface area contributed by atoms with Crippen LogP contribution in [0, 0.1) is 24.4 Å². The molecule has 0 radical (unpaired) electrons. The molecule has 0 aliphatic carbocycles. The smallest absolute Gasteiger partial charge is 0.232 e. The van der Waals surface area contributed by atoms with Crippen molar-refractivity contribution in [1.29, 1.82) is 0 Å². The zero-order chi connectivity index (χ0) is 19.5. The fourth-order valence-electron chi connectivity index (χ4n) is 2.35. The van der Waals surface area contributed by atoms with E-state index in [0.717, 1.165) is 16.6 Å². The molecule has 0 heterocycles. The number of para-hydroxylation sites is 1. The van der Waals surface area contributed by atoms with Crippen LogP contribution in [0.25, 0.3) is 0 Å². The van der Waals surface area contributed by atoms with E-state index in [1.54, 1.807) is 31.2 Å². The standard InChI is InChI=1S/C17H17F3N2O3S/c1-11-5-3-4-6-14(11)22(26(2,24)25)10-9-15(23)21-13-8-7-12(18)16(19)17(13)20/h3-8H,9-10H2,1-2H3,(H,21,23). The monoisotopic (exact) mass is 386 g/mol. The molecule has 0 aromatic heterocycles. The summed E-state index contributed by atoms with van der Waals surface area (Å²) in [6.45, 7) is 1.53. The second kappa shape index (κ2) is 7.77. The molecule has 0 aliphatic heterocycles. The maximum atomic E-state index is 13.6. The lowest BCUT2D eigenvalue weighted by Gasteiger charge is -2.23. The largest absolute Gasteiger partial charge is 0.323 e. The zero-order valence-corrected chi connectivity index (χ0v) is 14.9. The van der Waals surface area contributed by atoms with Gasteiger partial charge in [0, 0.05) is 13.0 Å². The predicted molar refractivity (Wildman–Crippen MR) is 92.9 cm³/mol. The first-order chi connectivity index (χ1) is 12.1. The third-order valence-electron chi connectivity index (χ3n) is 3.64. The summed E-state index contributed by atoms with van der Waals surface area (Å²) < 4.78 is 64.8. The van der Waals surface area contributed by atoms with Crippen molar-refractivity contribution in [3.8, 4) is 0 Å². The van der Waals surface area contributed by atoms with Crippen molar-refractivity contribution < 1.29 is 26.4 Å². The lowest BCUT2D eigenvalue weighted by Crippen LogP contribution is -2.33. The number of halogens is 3. The van der Waals surface area contributed by atoms with Crippen LogP contribution in [-0.4, -0.2) is 27.1 Å². The highest BCUT2D eigenvalue weighted by Gasteiger charge is 2.21. The van der Waals surface area contributed by atoms with Gasteiger partial charge in [-0.15, -0.1) is 0 Å². The van der Waals surface area contributed by atoms with Gasteiger partial charge in [-0.2, -0.15) is 0 Å². The Morgan fingerprint density at radius 3 is 2.35 bits per heavy atom. The minimum absolute atomic E-state index is 0.194. The first kappa shape index (κ1) is 19.8. The number of aryl methyl sites for hydroxylation is 1. The van der Waals surface area contributed by atoms with Gasteiger partial charge in [0.15, 0.2) is 17.5 Å². The molecule has 0 saturated heterocycles. The van der Waals surface area contributed by atoms with E-state index >= 15 is 0 Å². The number of anilines is 2. The van der Waals surface area contributed by atoms with Gasteiger partial charge >= 0.3 is 0 Å². The quantitative estimate of drug-likeness (QED) is 0.776. The summed E-state index contributed by atoms with van der Waals surface area (Å²) in [6.07, 6.45) is 0.701. The molecule has 5 nitrogen and oxygen atoms in total. The highest BCUT2D eigenvalue weighted by molar-refractivity contribution is 7.92. The summed E-state index contributed by atoms with van der Waals surface area (Å²) in [4.78, 5) is 12.0. The lowest BCUT2D eigenvalue weighted by atomic mass is 10.2. The Morgan fingerprint density at radius 1 is 1.08 bits per heavy atom. The van der Waals surface area contributed by atoms with Crippen molar-refractivity contribution in [2.45, 2.75) is 13.3 Å². The predicted octanol–water partition coefficient (Wildman–Crippen LogP) is 3.21. The van der Waals surface area contributed by atoms with Crippen molar-refractivity contribution in [2.24, 2.45) is 0 Å². The summed E-state index contributed by atoms with van der Waals surface area (Å²) in [6, 6.07) is 8.31. The number of nitrogens with one attached hydrogen (secondary N) is 1. The van der Waals surface area contributed by atoms with Crippen LogP contribution in [-0.2, 0) is 14.8 Å². The molecule has 2 rings (SSSR count). The molecule has 0 fully saturated rings. The second-order valence-electron chi connectivity index (χ2n) is 5.64. The van der Waals surface area contributed by atoms with Gasteiger partial charge in [-0.05, 0) is 30.7 Å². The maximum Gasteiger partial charge on any atom is 0.232 e. The third-order valence-corrected chi connectivity index (χ3v) is 4.82. The van der Waals surface area contributed by atoms with Crippen molar-refractivity contribution in [3.63, 3.8) is 0 Å². The number of sulfonamides is 1. The van der Waals surface area contributed by atoms with E-state index < -0.39 is 39.1 Å². The molecule has 9 heteroatoms. The summed E-state index contributed by atoms with van der Waals surface area (Å²) in [5.74, 6) is -5.32. The van der Waals surface area contributed by atoms with Crippen molar-refractivity contribution in [1.82, 2.24) is 0 Å². The molecule has 0 spiro atoms. The normalized spacial score (nSPS) is 11.3. The highest BCUT2D eigenvalue weighted by atomic mass is 32.2. The van der Waals surface area contributed by atoms with Gasteiger partial charge in [0.05, 0.1) is 17.6 Å². The first-order valence-electron chi connectivity index (χ1n) is 7.58. The van der Waals surface area contributed by atoms with Crippen LogP contribution in [0.1, 0.15) is 12.0 Å². The third kappa shape index (κ3) is 4.54. The van der Waals surface area contributed by atoms with Crippen LogP contribution in [0.4, 0.5) is 24.5 Å². The molecule has 2 aromatic carbocycles. The van der Waals surface area contributed by atoms with E-state index in [9.17, 15) is 26.4 Å². The second-order valence-corrected chi connectivity index (χ2v) is 7.55. The Balaban J connectivity index is 2.14. The number of nitrogens with zero attached hydrogens (tertiary/aromatic N) is 1. The van der Waals surface area contributed by atoms with Gasteiger partial charge in [-0.3, -0.25) is 9.10 Å². The minimum atomic E-state index is -3.66. The highest BCUT2D eigenvalue weighted by Crippen LogP contribution is 2.23. The number of rotatable bonds is 6. The minimum Gasteiger partial charge on any atom is -0.323 e. The lowest BCUT2D eigenvalue weighted by molar-refractivity contribution is -0.116. The molecule has 2 aromatic rings. The molecule has 140 valence electrons. The van der Waals surface area contributed by atoms with Crippen LogP contribution < -0.4 is 9.62 Å². The molecule has 1 amide bonds. The fraction of sp³-hybridized carbons (Fsp3) is 0.235.